The minimum Gasteiger partial charge on any atom is -0.335 e. The summed E-state index contributed by atoms with van der Waals surface area (Å²) >= 11 is 5.87. The average Bonchev–Trinajstić information content (AvgIpc) is 2.29. The summed E-state index contributed by atoms with van der Waals surface area (Å²) in [7, 11) is 0. The van der Waals surface area contributed by atoms with E-state index in [-0.39, 0.29) is 17.6 Å². The lowest BCUT2D eigenvalue weighted by atomic mass is 10.0. The molecule has 4 nitrogen and oxygen atoms in total. The summed E-state index contributed by atoms with van der Waals surface area (Å²) in [6.07, 6.45) is 0. The van der Waals surface area contributed by atoms with Crippen LogP contribution in [0.2, 0.25) is 5.02 Å². The van der Waals surface area contributed by atoms with E-state index >= 15 is 0 Å². The molecule has 2 N–H and O–H groups in total. The molecular weight excluding hydrogens is 250 g/mol. The Bertz CT molecular complexity index is 439. The van der Waals surface area contributed by atoms with Gasteiger partial charge in [0.15, 0.2) is 0 Å². The highest BCUT2D eigenvalue weighted by Crippen LogP contribution is 2.22. The molecule has 0 spiro atoms. The van der Waals surface area contributed by atoms with Crippen molar-refractivity contribution in [2.45, 2.75) is 32.4 Å². The number of amides is 2. The Morgan fingerprint density at radius 2 is 1.89 bits per heavy atom. The van der Waals surface area contributed by atoms with Crippen LogP contribution in [0.3, 0.4) is 0 Å². The third kappa shape index (κ3) is 2.76. The highest BCUT2D eigenvalue weighted by atomic mass is 35.5. The molecule has 1 aromatic rings. The predicted molar refractivity (Wildman–Crippen MR) is 72.3 cm³/mol. The Morgan fingerprint density at radius 1 is 1.28 bits per heavy atom. The molecule has 0 bridgehead atoms. The van der Waals surface area contributed by atoms with Crippen molar-refractivity contribution in [1.29, 1.82) is 0 Å². The van der Waals surface area contributed by atoms with Gasteiger partial charge in [-0.25, -0.2) is 10.2 Å². The molecule has 98 valence electrons. The number of hydrogen-bond acceptors (Lipinski definition) is 2. The number of carbonyl (C=O) groups is 1. The first-order valence-electron chi connectivity index (χ1n) is 5.97. The van der Waals surface area contributed by atoms with Crippen LogP contribution in [0.15, 0.2) is 24.3 Å². The smallest absolute Gasteiger partial charge is 0.332 e. The summed E-state index contributed by atoms with van der Waals surface area (Å²) in [5.74, 6) is 0. The van der Waals surface area contributed by atoms with E-state index in [1.54, 1.807) is 5.01 Å². The molecule has 0 radical (unpaired) electrons. The van der Waals surface area contributed by atoms with Gasteiger partial charge in [0.05, 0.1) is 11.6 Å². The van der Waals surface area contributed by atoms with Gasteiger partial charge in [0.1, 0.15) is 0 Å². The van der Waals surface area contributed by atoms with Crippen molar-refractivity contribution in [2.24, 2.45) is 0 Å². The van der Waals surface area contributed by atoms with Crippen LogP contribution in [0.1, 0.15) is 32.4 Å². The van der Waals surface area contributed by atoms with E-state index in [1.165, 1.54) is 0 Å². The molecule has 2 rings (SSSR count). The summed E-state index contributed by atoms with van der Waals surface area (Å²) in [6, 6.07) is 7.63. The first-order valence-corrected chi connectivity index (χ1v) is 6.35. The number of urea groups is 1. The second kappa shape index (κ2) is 4.78. The lowest BCUT2D eigenvalue weighted by Gasteiger charge is -2.42. The number of carbonyl (C=O) groups excluding carboxylic acids is 1. The number of rotatable bonds is 1. The molecule has 0 aromatic heterocycles. The maximum absolute atomic E-state index is 11.8. The zero-order chi connectivity index (χ0) is 13.3. The van der Waals surface area contributed by atoms with Crippen molar-refractivity contribution in [3.8, 4) is 0 Å². The van der Waals surface area contributed by atoms with E-state index in [2.05, 4.69) is 10.7 Å². The van der Waals surface area contributed by atoms with Crippen molar-refractivity contribution in [3.63, 3.8) is 0 Å². The normalized spacial score (nSPS) is 20.8. The fourth-order valence-electron chi connectivity index (χ4n) is 1.91. The molecule has 0 saturated carbocycles. The van der Waals surface area contributed by atoms with Gasteiger partial charge in [-0.15, -0.1) is 0 Å². The van der Waals surface area contributed by atoms with Gasteiger partial charge in [0.2, 0.25) is 0 Å². The molecule has 1 atom stereocenters. The van der Waals surface area contributed by atoms with Crippen LogP contribution in [0.4, 0.5) is 4.79 Å². The summed E-state index contributed by atoms with van der Waals surface area (Å²) in [4.78, 5) is 11.8. The molecule has 2 amide bonds. The summed E-state index contributed by atoms with van der Waals surface area (Å²) in [6.45, 7) is 6.55. The zero-order valence-electron chi connectivity index (χ0n) is 10.8. The Hall–Kier alpha value is -1.26. The van der Waals surface area contributed by atoms with Crippen LogP contribution >= 0.6 is 11.6 Å². The maximum Gasteiger partial charge on any atom is 0.332 e. The summed E-state index contributed by atoms with van der Waals surface area (Å²) in [5, 5.41) is 5.24. The van der Waals surface area contributed by atoms with Crippen molar-refractivity contribution in [2.75, 3.05) is 6.54 Å². The van der Waals surface area contributed by atoms with Crippen LogP contribution in [0.5, 0.6) is 0 Å². The fourth-order valence-corrected chi connectivity index (χ4v) is 2.04. The lowest BCUT2D eigenvalue weighted by molar-refractivity contribution is 0.0679. The van der Waals surface area contributed by atoms with Gasteiger partial charge in [-0.2, -0.15) is 0 Å². The number of hydrogen-bond donors (Lipinski definition) is 2. The van der Waals surface area contributed by atoms with Crippen LogP contribution in [-0.2, 0) is 0 Å². The summed E-state index contributed by atoms with van der Waals surface area (Å²) in [5.41, 5.74) is 4.09. The highest BCUT2D eigenvalue weighted by molar-refractivity contribution is 6.30. The number of hydrazine groups is 1. The third-order valence-corrected chi connectivity index (χ3v) is 3.14. The van der Waals surface area contributed by atoms with Gasteiger partial charge in [-0.1, -0.05) is 23.7 Å². The number of halogens is 1. The van der Waals surface area contributed by atoms with E-state index in [9.17, 15) is 4.79 Å². The lowest BCUT2D eigenvalue weighted by Crippen LogP contribution is -2.63. The highest BCUT2D eigenvalue weighted by Gasteiger charge is 2.33. The van der Waals surface area contributed by atoms with Crippen LogP contribution in [-0.4, -0.2) is 23.1 Å². The van der Waals surface area contributed by atoms with Gasteiger partial charge in [0, 0.05) is 11.6 Å². The van der Waals surface area contributed by atoms with Gasteiger partial charge >= 0.3 is 6.03 Å². The predicted octanol–water partition coefficient (Wildman–Crippen LogP) is 2.71. The minimum absolute atomic E-state index is 0.0687. The molecule has 1 aliphatic heterocycles. The average molecular weight is 268 g/mol. The molecule has 1 unspecified atom stereocenters. The van der Waals surface area contributed by atoms with Gasteiger partial charge in [0.25, 0.3) is 0 Å². The van der Waals surface area contributed by atoms with Crippen molar-refractivity contribution in [3.05, 3.63) is 34.9 Å². The molecule has 1 heterocycles. The van der Waals surface area contributed by atoms with Gasteiger partial charge < -0.3 is 5.32 Å². The van der Waals surface area contributed by atoms with E-state index in [0.717, 1.165) is 5.56 Å². The monoisotopic (exact) mass is 267 g/mol. The van der Waals surface area contributed by atoms with Gasteiger partial charge in [-0.05, 0) is 38.5 Å². The van der Waals surface area contributed by atoms with Crippen LogP contribution in [0, 0.1) is 0 Å². The number of benzene rings is 1. The molecule has 5 heteroatoms. The van der Waals surface area contributed by atoms with E-state index in [4.69, 9.17) is 11.6 Å². The second-order valence-electron chi connectivity index (χ2n) is 5.43. The molecule has 1 fully saturated rings. The standard InChI is InChI=1S/C13H18ClN3O/c1-13(2,3)17-12(18)15-8-11(16-17)9-4-6-10(14)7-5-9/h4-7,11,16H,8H2,1-3H3,(H,15,18). The molecule has 1 saturated heterocycles. The Labute approximate surface area is 112 Å². The number of nitrogens with one attached hydrogen (secondary N) is 2. The SMILES string of the molecule is CC(C)(C)N1NC(c2ccc(Cl)cc2)CNC1=O. The quantitative estimate of drug-likeness (QED) is 0.822. The van der Waals surface area contributed by atoms with Gasteiger partial charge in [-0.3, -0.25) is 5.01 Å². The Kier molecular flexibility index (Phi) is 3.50. The van der Waals surface area contributed by atoms with Crippen LogP contribution in [0.25, 0.3) is 0 Å². The second-order valence-corrected chi connectivity index (χ2v) is 5.86. The number of nitrogens with zero attached hydrogens (tertiary/aromatic N) is 1. The van der Waals surface area contributed by atoms with E-state index in [0.29, 0.717) is 11.6 Å². The zero-order valence-corrected chi connectivity index (χ0v) is 11.6. The summed E-state index contributed by atoms with van der Waals surface area (Å²) < 4.78 is 0. The van der Waals surface area contributed by atoms with Crippen molar-refractivity contribution < 1.29 is 4.79 Å². The van der Waals surface area contributed by atoms with Crippen molar-refractivity contribution >= 4 is 17.6 Å². The molecule has 1 aliphatic rings. The maximum atomic E-state index is 11.8. The molecule has 18 heavy (non-hydrogen) atoms. The molecule has 0 aliphatic carbocycles. The molecule has 1 aromatic carbocycles. The van der Waals surface area contributed by atoms with Crippen molar-refractivity contribution in [1.82, 2.24) is 15.8 Å². The largest absolute Gasteiger partial charge is 0.335 e. The van der Waals surface area contributed by atoms with E-state index in [1.807, 2.05) is 45.0 Å². The molecular formula is C13H18ClN3O. The fraction of sp³-hybridized carbons (Fsp3) is 0.462. The topological polar surface area (TPSA) is 44.4 Å². The third-order valence-electron chi connectivity index (χ3n) is 2.89. The van der Waals surface area contributed by atoms with Crippen LogP contribution < -0.4 is 10.7 Å². The van der Waals surface area contributed by atoms with E-state index < -0.39 is 0 Å². The first kappa shape index (κ1) is 13.2. The Balaban J connectivity index is 2.17. The first-order chi connectivity index (χ1) is 8.38. The minimum atomic E-state index is -0.269. The Morgan fingerprint density at radius 3 is 2.44 bits per heavy atom.